The minimum Gasteiger partial charge on any atom is -0.493 e. The first-order chi connectivity index (χ1) is 13.6. The maximum atomic E-state index is 6.15. The van der Waals surface area contributed by atoms with Crippen molar-refractivity contribution in [2.24, 2.45) is 0 Å². The quantitative estimate of drug-likeness (QED) is 0.415. The van der Waals surface area contributed by atoms with E-state index in [-0.39, 0.29) is 0 Å². The number of halogens is 2. The van der Waals surface area contributed by atoms with Gasteiger partial charge in [0, 0.05) is 21.6 Å². The molecule has 0 fully saturated rings. The average Bonchev–Trinajstić information content (AvgIpc) is 2.70. The summed E-state index contributed by atoms with van der Waals surface area (Å²) in [6.45, 7) is 9.80. The standard InChI is InChI=1S/C22H30BrClN2O2/c1-4-26(5-2)13-7-12-25-15-19-20(23)10-11-21(27-3)22(19)28-16-17-8-6-9-18(24)14-17/h6,8-11,14,25H,4-5,7,12-13,15-16H2,1-3H3. The van der Waals surface area contributed by atoms with Gasteiger partial charge in [0.2, 0.25) is 0 Å². The Kier molecular flexibility index (Phi) is 10.1. The summed E-state index contributed by atoms with van der Waals surface area (Å²) in [5, 5.41) is 4.24. The number of hydrogen-bond donors (Lipinski definition) is 1. The van der Waals surface area contributed by atoms with Crippen LogP contribution in [0, 0.1) is 0 Å². The number of rotatable bonds is 12. The summed E-state index contributed by atoms with van der Waals surface area (Å²) < 4.78 is 12.7. The van der Waals surface area contributed by atoms with E-state index in [2.05, 4.69) is 40.0 Å². The average molecular weight is 470 g/mol. The van der Waals surface area contributed by atoms with E-state index in [0.717, 1.165) is 59.7 Å². The summed E-state index contributed by atoms with van der Waals surface area (Å²) in [6.07, 6.45) is 1.11. The molecule has 0 saturated heterocycles. The molecule has 6 heteroatoms. The predicted molar refractivity (Wildman–Crippen MR) is 121 cm³/mol. The van der Waals surface area contributed by atoms with Gasteiger partial charge in [-0.15, -0.1) is 0 Å². The number of hydrogen-bond acceptors (Lipinski definition) is 4. The van der Waals surface area contributed by atoms with E-state index in [1.165, 1.54) is 0 Å². The van der Waals surface area contributed by atoms with Crippen LogP contribution < -0.4 is 14.8 Å². The van der Waals surface area contributed by atoms with Gasteiger partial charge in [-0.1, -0.05) is 53.5 Å². The Morgan fingerprint density at radius 2 is 1.93 bits per heavy atom. The second kappa shape index (κ2) is 12.3. The zero-order chi connectivity index (χ0) is 20.4. The molecule has 2 rings (SSSR count). The van der Waals surface area contributed by atoms with Crippen molar-refractivity contribution in [3.63, 3.8) is 0 Å². The second-order valence-corrected chi connectivity index (χ2v) is 7.82. The van der Waals surface area contributed by atoms with Gasteiger partial charge in [0.05, 0.1) is 7.11 Å². The lowest BCUT2D eigenvalue weighted by Gasteiger charge is -2.19. The summed E-state index contributed by atoms with van der Waals surface area (Å²) in [5.41, 5.74) is 2.08. The molecule has 28 heavy (non-hydrogen) atoms. The van der Waals surface area contributed by atoms with Crippen LogP contribution in [0.5, 0.6) is 11.5 Å². The molecule has 0 atom stereocenters. The monoisotopic (exact) mass is 468 g/mol. The zero-order valence-electron chi connectivity index (χ0n) is 16.9. The first-order valence-electron chi connectivity index (χ1n) is 9.74. The van der Waals surface area contributed by atoms with Crippen LogP contribution in [0.3, 0.4) is 0 Å². The fourth-order valence-electron chi connectivity index (χ4n) is 3.03. The summed E-state index contributed by atoms with van der Waals surface area (Å²) in [4.78, 5) is 2.43. The van der Waals surface area contributed by atoms with Gasteiger partial charge in [-0.3, -0.25) is 0 Å². The van der Waals surface area contributed by atoms with Crippen LogP contribution in [0.4, 0.5) is 0 Å². The first-order valence-corrected chi connectivity index (χ1v) is 10.9. The van der Waals surface area contributed by atoms with Crippen LogP contribution >= 0.6 is 27.5 Å². The van der Waals surface area contributed by atoms with Crippen molar-refractivity contribution in [3.8, 4) is 11.5 Å². The molecule has 0 bridgehead atoms. The van der Waals surface area contributed by atoms with Crippen LogP contribution in [-0.4, -0.2) is 38.2 Å². The third kappa shape index (κ3) is 6.96. The van der Waals surface area contributed by atoms with Crippen molar-refractivity contribution in [2.75, 3.05) is 33.3 Å². The molecule has 0 aliphatic heterocycles. The Hall–Kier alpha value is -1.27. The van der Waals surface area contributed by atoms with Crippen LogP contribution in [0.2, 0.25) is 5.02 Å². The van der Waals surface area contributed by atoms with Crippen molar-refractivity contribution >= 4 is 27.5 Å². The molecule has 0 radical (unpaired) electrons. The maximum Gasteiger partial charge on any atom is 0.167 e. The van der Waals surface area contributed by atoms with Gasteiger partial charge in [-0.2, -0.15) is 0 Å². The molecule has 1 N–H and O–H groups in total. The van der Waals surface area contributed by atoms with Gasteiger partial charge in [0.15, 0.2) is 11.5 Å². The molecule has 0 aliphatic carbocycles. The lowest BCUT2D eigenvalue weighted by Crippen LogP contribution is -2.27. The smallest absolute Gasteiger partial charge is 0.167 e. The van der Waals surface area contributed by atoms with Crippen molar-refractivity contribution in [1.29, 1.82) is 0 Å². The molecule has 0 unspecified atom stereocenters. The van der Waals surface area contributed by atoms with E-state index in [0.29, 0.717) is 18.2 Å². The highest BCUT2D eigenvalue weighted by atomic mass is 79.9. The molecule has 4 nitrogen and oxygen atoms in total. The Labute approximate surface area is 182 Å². The van der Waals surface area contributed by atoms with Crippen LogP contribution in [0.25, 0.3) is 0 Å². The number of benzene rings is 2. The van der Waals surface area contributed by atoms with E-state index in [9.17, 15) is 0 Å². The van der Waals surface area contributed by atoms with E-state index in [1.54, 1.807) is 7.11 Å². The van der Waals surface area contributed by atoms with E-state index >= 15 is 0 Å². The Morgan fingerprint density at radius 1 is 1.14 bits per heavy atom. The van der Waals surface area contributed by atoms with E-state index in [1.807, 2.05) is 36.4 Å². The summed E-state index contributed by atoms with van der Waals surface area (Å²) in [7, 11) is 1.66. The molecule has 2 aromatic rings. The van der Waals surface area contributed by atoms with E-state index in [4.69, 9.17) is 21.1 Å². The highest BCUT2D eigenvalue weighted by Crippen LogP contribution is 2.36. The summed E-state index contributed by atoms with van der Waals surface area (Å²) in [6, 6.07) is 11.6. The minimum atomic E-state index is 0.433. The van der Waals surface area contributed by atoms with Crippen LogP contribution in [0.15, 0.2) is 40.9 Å². The first kappa shape index (κ1) is 23.0. The number of methoxy groups -OCH3 is 1. The summed E-state index contributed by atoms with van der Waals surface area (Å²) in [5.74, 6) is 1.48. The maximum absolute atomic E-state index is 6.15. The lowest BCUT2D eigenvalue weighted by atomic mass is 10.1. The van der Waals surface area contributed by atoms with Gasteiger partial charge >= 0.3 is 0 Å². The van der Waals surface area contributed by atoms with Gasteiger partial charge in [-0.05, 0) is 62.4 Å². The molecule has 154 valence electrons. The molecule has 0 aromatic heterocycles. The van der Waals surface area contributed by atoms with Crippen LogP contribution in [0.1, 0.15) is 31.4 Å². The highest BCUT2D eigenvalue weighted by Gasteiger charge is 2.15. The third-order valence-corrected chi connectivity index (χ3v) is 5.66. The number of ether oxygens (including phenoxy) is 2. The molecule has 0 heterocycles. The zero-order valence-corrected chi connectivity index (χ0v) is 19.3. The molecule has 0 aliphatic rings. The Balaban J connectivity index is 2.02. The van der Waals surface area contributed by atoms with Gasteiger partial charge in [0.25, 0.3) is 0 Å². The molecular weight excluding hydrogens is 440 g/mol. The Bertz CT molecular complexity index is 738. The van der Waals surface area contributed by atoms with Crippen LogP contribution in [-0.2, 0) is 13.2 Å². The number of nitrogens with zero attached hydrogens (tertiary/aromatic N) is 1. The predicted octanol–water partition coefficient (Wildman–Crippen LogP) is 5.51. The minimum absolute atomic E-state index is 0.433. The second-order valence-electron chi connectivity index (χ2n) is 6.53. The van der Waals surface area contributed by atoms with Crippen molar-refractivity contribution in [2.45, 2.75) is 33.4 Å². The largest absolute Gasteiger partial charge is 0.493 e. The fraction of sp³-hybridized carbons (Fsp3) is 0.455. The lowest BCUT2D eigenvalue weighted by molar-refractivity contribution is 0.279. The molecule has 0 amide bonds. The molecular formula is C22H30BrClN2O2. The number of nitrogens with one attached hydrogen (secondary N) is 1. The topological polar surface area (TPSA) is 33.7 Å². The molecule has 0 saturated carbocycles. The normalized spacial score (nSPS) is 11.1. The summed E-state index contributed by atoms with van der Waals surface area (Å²) >= 11 is 9.74. The molecule has 2 aromatic carbocycles. The SMILES string of the molecule is CCN(CC)CCCNCc1c(Br)ccc(OC)c1OCc1cccc(Cl)c1. The van der Waals surface area contributed by atoms with Crippen molar-refractivity contribution < 1.29 is 9.47 Å². The fourth-order valence-corrected chi connectivity index (χ4v) is 3.69. The molecule has 0 spiro atoms. The van der Waals surface area contributed by atoms with Gasteiger partial charge < -0.3 is 19.7 Å². The van der Waals surface area contributed by atoms with Crippen molar-refractivity contribution in [3.05, 3.63) is 57.0 Å². The van der Waals surface area contributed by atoms with Gasteiger partial charge in [-0.25, -0.2) is 0 Å². The van der Waals surface area contributed by atoms with Gasteiger partial charge in [0.1, 0.15) is 6.61 Å². The highest BCUT2D eigenvalue weighted by molar-refractivity contribution is 9.10. The third-order valence-electron chi connectivity index (χ3n) is 4.68. The van der Waals surface area contributed by atoms with E-state index < -0.39 is 0 Å². The Morgan fingerprint density at radius 3 is 2.61 bits per heavy atom. The van der Waals surface area contributed by atoms with Crippen molar-refractivity contribution in [1.82, 2.24) is 10.2 Å².